The summed E-state index contributed by atoms with van der Waals surface area (Å²) in [6.07, 6.45) is 1.28. The van der Waals surface area contributed by atoms with E-state index in [-0.39, 0.29) is 17.4 Å². The molecule has 0 spiro atoms. The van der Waals surface area contributed by atoms with Gasteiger partial charge in [-0.2, -0.15) is 5.26 Å². The molecule has 1 amide bonds. The van der Waals surface area contributed by atoms with Gasteiger partial charge in [-0.25, -0.2) is 0 Å². The third kappa shape index (κ3) is 6.64. The summed E-state index contributed by atoms with van der Waals surface area (Å²) in [5.41, 5.74) is 1.50. The average molecular weight is 595 g/mol. The molecule has 6 nitrogen and oxygen atoms in total. The third-order valence-corrected chi connectivity index (χ3v) is 8.22. The fourth-order valence-electron chi connectivity index (χ4n) is 5.93. The predicted octanol–water partition coefficient (Wildman–Crippen LogP) is 6.69. The number of hydrogen-bond donors (Lipinski definition) is 2. The summed E-state index contributed by atoms with van der Waals surface area (Å²) in [6.45, 7) is 6.84. The van der Waals surface area contributed by atoms with E-state index in [1.54, 1.807) is 32.4 Å². The number of ether oxygens (including phenoxy) is 2. The maximum atomic E-state index is 13.9. The van der Waals surface area contributed by atoms with E-state index in [4.69, 9.17) is 32.7 Å². The zero-order chi connectivity index (χ0) is 29.8. The lowest BCUT2D eigenvalue weighted by molar-refractivity contribution is -0.123. The maximum absolute atomic E-state index is 13.9. The Morgan fingerprint density at radius 3 is 2.32 bits per heavy atom. The largest absolute Gasteiger partial charge is 0.493 e. The molecule has 3 aromatic rings. The lowest BCUT2D eigenvalue weighted by Gasteiger charge is -2.37. The Morgan fingerprint density at radius 1 is 1.00 bits per heavy atom. The number of carbonyl (C=O) groups excluding carboxylic acids is 1. The van der Waals surface area contributed by atoms with Gasteiger partial charge in [0.25, 0.3) is 0 Å². The first-order chi connectivity index (χ1) is 19.5. The molecular weight excluding hydrogens is 557 g/mol. The molecule has 1 aliphatic heterocycles. The van der Waals surface area contributed by atoms with Crippen LogP contribution < -0.4 is 20.1 Å². The topological polar surface area (TPSA) is 83.4 Å². The minimum absolute atomic E-state index is 0.107. The molecule has 0 aliphatic carbocycles. The molecule has 0 radical (unpaired) electrons. The Labute approximate surface area is 253 Å². The van der Waals surface area contributed by atoms with E-state index >= 15 is 0 Å². The van der Waals surface area contributed by atoms with E-state index in [9.17, 15) is 10.1 Å². The van der Waals surface area contributed by atoms with Gasteiger partial charge in [-0.05, 0) is 71.3 Å². The minimum atomic E-state index is -1.05. The first-order valence-corrected chi connectivity index (χ1v) is 14.5. The van der Waals surface area contributed by atoms with Crippen LogP contribution in [0.1, 0.15) is 49.8 Å². The highest BCUT2D eigenvalue weighted by molar-refractivity contribution is 6.30. The van der Waals surface area contributed by atoms with Crippen LogP contribution in [0.25, 0.3) is 0 Å². The van der Waals surface area contributed by atoms with E-state index in [2.05, 4.69) is 37.5 Å². The Kier molecular flexibility index (Phi) is 9.54. The van der Waals surface area contributed by atoms with Crippen LogP contribution in [0, 0.1) is 16.7 Å². The maximum Gasteiger partial charge on any atom is 0.237 e. The van der Waals surface area contributed by atoms with Crippen LogP contribution in [0.2, 0.25) is 10.0 Å². The molecule has 4 atom stereocenters. The van der Waals surface area contributed by atoms with Gasteiger partial charge in [-0.1, -0.05) is 74.3 Å². The summed E-state index contributed by atoms with van der Waals surface area (Å²) in [5, 5.41) is 18.9. The average Bonchev–Trinajstić information content (AvgIpc) is 3.26. The Bertz CT molecular complexity index is 1410. The number of methoxy groups -OCH3 is 2. The number of carbonyl (C=O) groups is 1. The SMILES string of the molecule is COc1ccc(CCNC(=O)[C@@H]2N[C@@H](CC(C)(C)C)[C@](C#N)(c3ccc(Cl)cc3)[C@H]2c2cccc(Cl)c2)cc1OC. The van der Waals surface area contributed by atoms with Crippen molar-refractivity contribution in [3.8, 4) is 17.6 Å². The summed E-state index contributed by atoms with van der Waals surface area (Å²) in [7, 11) is 3.20. The molecule has 8 heteroatoms. The van der Waals surface area contributed by atoms with Crippen LogP contribution in [-0.4, -0.2) is 38.8 Å². The zero-order valence-electron chi connectivity index (χ0n) is 24.1. The predicted molar refractivity (Wildman–Crippen MR) is 164 cm³/mol. The Hall–Kier alpha value is -3.24. The van der Waals surface area contributed by atoms with Gasteiger partial charge in [0.15, 0.2) is 11.5 Å². The van der Waals surface area contributed by atoms with Gasteiger partial charge < -0.3 is 20.1 Å². The highest BCUT2D eigenvalue weighted by Gasteiger charge is 2.59. The molecular formula is C33H37Cl2N3O3. The molecule has 41 heavy (non-hydrogen) atoms. The number of nitriles is 1. The van der Waals surface area contributed by atoms with Crippen LogP contribution in [-0.2, 0) is 16.6 Å². The van der Waals surface area contributed by atoms with Crippen LogP contribution in [0.15, 0.2) is 66.7 Å². The van der Waals surface area contributed by atoms with E-state index in [0.29, 0.717) is 40.9 Å². The summed E-state index contributed by atoms with van der Waals surface area (Å²) in [5.74, 6) is 0.627. The number of nitrogens with zero attached hydrogens (tertiary/aromatic N) is 1. The van der Waals surface area contributed by atoms with E-state index < -0.39 is 17.4 Å². The van der Waals surface area contributed by atoms with Crippen molar-refractivity contribution < 1.29 is 14.3 Å². The lowest BCUT2D eigenvalue weighted by atomic mass is 9.63. The normalized spacial score (nSPS) is 22.1. The van der Waals surface area contributed by atoms with Crippen molar-refractivity contribution in [2.24, 2.45) is 5.41 Å². The van der Waals surface area contributed by atoms with E-state index in [0.717, 1.165) is 16.7 Å². The van der Waals surface area contributed by atoms with Crippen molar-refractivity contribution in [2.45, 2.75) is 57.0 Å². The molecule has 0 bridgehead atoms. The fraction of sp³-hybridized carbons (Fsp3) is 0.394. The number of benzene rings is 3. The molecule has 216 valence electrons. The van der Waals surface area contributed by atoms with Crippen molar-refractivity contribution >= 4 is 29.1 Å². The van der Waals surface area contributed by atoms with Crippen molar-refractivity contribution in [2.75, 3.05) is 20.8 Å². The van der Waals surface area contributed by atoms with Gasteiger partial charge in [0.2, 0.25) is 5.91 Å². The molecule has 2 N–H and O–H groups in total. The Morgan fingerprint density at radius 2 is 1.71 bits per heavy atom. The molecule has 1 saturated heterocycles. The number of nitrogens with one attached hydrogen (secondary N) is 2. The molecule has 4 rings (SSSR count). The summed E-state index contributed by atoms with van der Waals surface area (Å²) in [6, 6.07) is 22.3. The number of hydrogen-bond acceptors (Lipinski definition) is 5. The molecule has 1 aliphatic rings. The Balaban J connectivity index is 1.71. The number of amides is 1. The molecule has 1 fully saturated rings. The molecule has 0 unspecified atom stereocenters. The van der Waals surface area contributed by atoms with Gasteiger partial charge in [0.1, 0.15) is 5.41 Å². The van der Waals surface area contributed by atoms with Gasteiger partial charge in [0.05, 0.1) is 26.3 Å². The monoisotopic (exact) mass is 593 g/mol. The number of rotatable bonds is 9. The van der Waals surface area contributed by atoms with Gasteiger partial charge in [-0.3, -0.25) is 4.79 Å². The van der Waals surface area contributed by atoms with Gasteiger partial charge in [0, 0.05) is 28.5 Å². The van der Waals surface area contributed by atoms with Crippen molar-refractivity contribution in [1.29, 1.82) is 5.26 Å². The third-order valence-electron chi connectivity index (χ3n) is 7.73. The summed E-state index contributed by atoms with van der Waals surface area (Å²) >= 11 is 12.7. The van der Waals surface area contributed by atoms with Crippen molar-refractivity contribution in [3.63, 3.8) is 0 Å². The molecule has 0 saturated carbocycles. The minimum Gasteiger partial charge on any atom is -0.493 e. The second kappa shape index (κ2) is 12.7. The summed E-state index contributed by atoms with van der Waals surface area (Å²) in [4.78, 5) is 13.9. The highest BCUT2D eigenvalue weighted by atomic mass is 35.5. The van der Waals surface area contributed by atoms with E-state index in [1.807, 2.05) is 48.5 Å². The first kappa shape index (κ1) is 30.7. The van der Waals surface area contributed by atoms with Gasteiger partial charge >= 0.3 is 0 Å². The van der Waals surface area contributed by atoms with E-state index in [1.165, 1.54) is 0 Å². The van der Waals surface area contributed by atoms with Gasteiger partial charge in [-0.15, -0.1) is 0 Å². The lowest BCUT2D eigenvalue weighted by Crippen LogP contribution is -2.46. The van der Waals surface area contributed by atoms with Crippen LogP contribution >= 0.6 is 23.2 Å². The standard InChI is InChI=1S/C33H37Cl2N3O3/c1-32(2,3)19-28-33(20-36,23-10-12-24(34)13-11-23)29(22-7-6-8-25(35)18-22)30(38-28)31(39)37-16-15-21-9-14-26(40-4)27(17-21)41-5/h6-14,17-18,28-30,38H,15-16,19H2,1-5H3,(H,37,39)/t28-,29-,30+,33-/m0/s1. The highest BCUT2D eigenvalue weighted by Crippen LogP contribution is 2.51. The molecule has 0 aromatic heterocycles. The van der Waals surface area contributed by atoms with Crippen LogP contribution in [0.3, 0.4) is 0 Å². The smallest absolute Gasteiger partial charge is 0.237 e. The second-order valence-electron chi connectivity index (χ2n) is 11.7. The molecule has 3 aromatic carbocycles. The number of halogens is 2. The van der Waals surface area contributed by atoms with Crippen molar-refractivity contribution in [1.82, 2.24) is 10.6 Å². The fourth-order valence-corrected chi connectivity index (χ4v) is 6.26. The zero-order valence-corrected chi connectivity index (χ0v) is 25.6. The van der Waals surface area contributed by atoms with Crippen LogP contribution in [0.4, 0.5) is 0 Å². The molecule has 1 heterocycles. The van der Waals surface area contributed by atoms with Crippen LogP contribution in [0.5, 0.6) is 11.5 Å². The second-order valence-corrected chi connectivity index (χ2v) is 12.6. The van der Waals surface area contributed by atoms with Crippen molar-refractivity contribution in [3.05, 3.63) is 93.5 Å². The first-order valence-electron chi connectivity index (χ1n) is 13.7. The quantitative estimate of drug-likeness (QED) is 0.289. The summed E-state index contributed by atoms with van der Waals surface area (Å²) < 4.78 is 10.8.